The van der Waals surface area contributed by atoms with Gasteiger partial charge in [0.15, 0.2) is 0 Å². The number of halogens is 1. The van der Waals surface area contributed by atoms with Crippen molar-refractivity contribution in [2.24, 2.45) is 0 Å². The largest absolute Gasteiger partial charge is 0.424 e. The van der Waals surface area contributed by atoms with E-state index in [-0.39, 0.29) is 10.9 Å². The lowest BCUT2D eigenvalue weighted by Gasteiger charge is -2.21. The molecule has 0 N–H and O–H groups in total. The zero-order chi connectivity index (χ0) is 22.3. The van der Waals surface area contributed by atoms with E-state index in [0.29, 0.717) is 10.6 Å². The van der Waals surface area contributed by atoms with Gasteiger partial charge < -0.3 is 14.5 Å². The van der Waals surface area contributed by atoms with E-state index in [9.17, 15) is 4.79 Å². The average Bonchev–Trinajstić information content (AvgIpc) is 3.01. The molecule has 1 fully saturated rings. The van der Waals surface area contributed by atoms with Crippen molar-refractivity contribution < 1.29 is 19.4 Å². The van der Waals surface area contributed by atoms with Crippen molar-refractivity contribution in [1.29, 1.82) is 0 Å². The first-order valence-electron chi connectivity index (χ1n) is 9.44. The Balaban J connectivity index is 2.19. The van der Waals surface area contributed by atoms with Crippen LogP contribution in [0.25, 0.3) is 5.03 Å². The molecule has 30 heavy (non-hydrogen) atoms. The average molecular weight is 449 g/mol. The predicted octanol–water partition coefficient (Wildman–Crippen LogP) is 5.48. The topological polar surface area (TPSA) is 51.2 Å². The van der Waals surface area contributed by atoms with Crippen LogP contribution in [0.15, 0.2) is 66.2 Å². The zero-order valence-corrected chi connectivity index (χ0v) is 19.0. The van der Waals surface area contributed by atoms with Crippen LogP contribution in [-0.2, 0) is 19.4 Å². The summed E-state index contributed by atoms with van der Waals surface area (Å²) in [6.07, 6.45) is 4.63. The highest BCUT2D eigenvalue weighted by molar-refractivity contribution is 7.80. The van der Waals surface area contributed by atoms with Gasteiger partial charge in [0.05, 0.1) is 0 Å². The quantitative estimate of drug-likeness (QED) is 0.124. The number of ether oxygens (including phenoxy) is 1. The minimum absolute atomic E-state index is 0.0557. The van der Waals surface area contributed by atoms with Crippen molar-refractivity contribution in [3.05, 3.63) is 71.7 Å². The molecule has 2 rings (SSSR count). The number of carbonyl (C=O) groups excluding carboxylic acids is 1. The highest BCUT2D eigenvalue weighted by Gasteiger charge is 2.37. The number of benzene rings is 1. The van der Waals surface area contributed by atoms with Crippen LogP contribution in [0.5, 0.6) is 0 Å². The number of carbonyl (C=O) groups is 1. The summed E-state index contributed by atoms with van der Waals surface area (Å²) >= 11 is 11.5. The van der Waals surface area contributed by atoms with Gasteiger partial charge >= 0.3 is 11.1 Å². The monoisotopic (exact) mass is 448 g/mol. The lowest BCUT2D eigenvalue weighted by molar-refractivity contribution is -0.352. The third kappa shape index (κ3) is 5.72. The molecule has 1 amide bonds. The van der Waals surface area contributed by atoms with Crippen molar-refractivity contribution in [1.82, 2.24) is 5.06 Å². The van der Waals surface area contributed by atoms with Crippen LogP contribution in [0, 0.1) is 0 Å². The summed E-state index contributed by atoms with van der Waals surface area (Å²) in [6, 6.07) is 8.08. The third-order valence-electron chi connectivity index (χ3n) is 4.35. The molecular weight excluding hydrogens is 424 g/mol. The maximum Gasteiger partial charge on any atom is 0.324 e. The van der Waals surface area contributed by atoms with Crippen LogP contribution in [-0.4, -0.2) is 29.2 Å². The number of thiocarbonyl (C=S) groups is 1. The molecule has 0 aromatic heterocycles. The lowest BCUT2D eigenvalue weighted by Crippen LogP contribution is -2.28. The summed E-state index contributed by atoms with van der Waals surface area (Å²) in [5, 5.41) is 1.16. The fraction of sp³-hybridized carbons (Fsp3) is 0.273. The molecule has 0 unspecified atom stereocenters. The first-order valence-corrected chi connectivity index (χ1v) is 10.2. The molecule has 1 aromatic rings. The molecule has 0 spiro atoms. The Labute approximate surface area is 187 Å². The third-order valence-corrected chi connectivity index (χ3v) is 4.92. The van der Waals surface area contributed by atoms with Crippen molar-refractivity contribution in [3.8, 4) is 0 Å². The van der Waals surface area contributed by atoms with Crippen LogP contribution in [0.3, 0.4) is 0 Å². The fourth-order valence-corrected chi connectivity index (χ4v) is 3.38. The summed E-state index contributed by atoms with van der Waals surface area (Å²) in [4.78, 5) is 23.9. The number of rotatable bonds is 9. The second-order valence-corrected chi connectivity index (χ2v) is 7.17. The molecule has 8 heteroatoms. The Hall–Kier alpha value is -2.61. The van der Waals surface area contributed by atoms with Gasteiger partial charge in [-0.05, 0) is 79.8 Å². The smallest absolute Gasteiger partial charge is 0.324 e. The van der Waals surface area contributed by atoms with E-state index in [2.05, 4.69) is 42.3 Å². The van der Waals surface area contributed by atoms with Gasteiger partial charge in [-0.25, -0.2) is 0 Å². The van der Waals surface area contributed by atoms with Crippen LogP contribution in [0.4, 0.5) is 5.69 Å². The Morgan fingerprint density at radius 2 is 1.87 bits per heavy atom. The molecule has 1 aliphatic heterocycles. The molecule has 1 aromatic carbocycles. The molecule has 0 atom stereocenters. The second kappa shape index (κ2) is 11.0. The SMILES string of the molecule is C=COON1C(=O)\C(=C(C)/C=C(C)/C=C(\Cl)c2ccc(N(CC)CC)cc2)OC1=S. The van der Waals surface area contributed by atoms with Crippen LogP contribution in [0.1, 0.15) is 33.3 Å². The second-order valence-electron chi connectivity index (χ2n) is 6.42. The van der Waals surface area contributed by atoms with Gasteiger partial charge in [0.1, 0.15) is 6.26 Å². The lowest BCUT2D eigenvalue weighted by atomic mass is 10.1. The van der Waals surface area contributed by atoms with E-state index in [1.165, 1.54) is 0 Å². The number of nitrogens with zero attached hydrogens (tertiary/aromatic N) is 2. The van der Waals surface area contributed by atoms with Crippen LogP contribution >= 0.6 is 23.8 Å². The Kier molecular flexibility index (Phi) is 8.65. The highest BCUT2D eigenvalue weighted by atomic mass is 35.5. The standard InChI is InChI=1S/C22H25ClN2O4S/c1-6-24(7-2)18-11-9-17(10-12-18)19(23)14-15(4)13-16(5)20-21(26)25(22(30)28-20)29-27-8-3/h8-14H,3,6-7H2,1-2,4-5H3/b15-13+,19-14-,20-16+. The Bertz CT molecular complexity index is 902. The minimum atomic E-state index is -0.564. The van der Waals surface area contributed by atoms with Gasteiger partial charge in [-0.1, -0.05) is 41.5 Å². The molecule has 0 radical (unpaired) electrons. The molecule has 1 saturated heterocycles. The molecule has 6 nitrogen and oxygen atoms in total. The summed E-state index contributed by atoms with van der Waals surface area (Å²) in [6.45, 7) is 13.1. The minimum Gasteiger partial charge on any atom is -0.424 e. The van der Waals surface area contributed by atoms with E-state index in [4.69, 9.17) is 33.5 Å². The Morgan fingerprint density at radius 1 is 1.23 bits per heavy atom. The number of hydroxylamine groups is 2. The van der Waals surface area contributed by atoms with Gasteiger partial charge in [0.2, 0.25) is 5.76 Å². The van der Waals surface area contributed by atoms with Gasteiger partial charge in [0, 0.05) is 23.8 Å². The first-order chi connectivity index (χ1) is 14.3. The molecular formula is C22H25ClN2O4S. The van der Waals surface area contributed by atoms with Gasteiger partial charge in [0.25, 0.3) is 0 Å². The number of anilines is 1. The maximum absolute atomic E-state index is 12.4. The van der Waals surface area contributed by atoms with Crippen molar-refractivity contribution in [2.45, 2.75) is 27.7 Å². The van der Waals surface area contributed by atoms with E-state index < -0.39 is 5.91 Å². The number of hydrogen-bond acceptors (Lipinski definition) is 6. The molecule has 1 aliphatic rings. The highest BCUT2D eigenvalue weighted by Crippen LogP contribution is 2.26. The van der Waals surface area contributed by atoms with E-state index in [0.717, 1.165) is 41.2 Å². The zero-order valence-electron chi connectivity index (χ0n) is 17.5. The van der Waals surface area contributed by atoms with Crippen LogP contribution in [0.2, 0.25) is 0 Å². The normalized spacial score (nSPS) is 16.5. The molecule has 0 saturated carbocycles. The van der Waals surface area contributed by atoms with Gasteiger partial charge in [-0.2, -0.15) is 0 Å². The van der Waals surface area contributed by atoms with E-state index in [1.807, 2.05) is 25.1 Å². The molecule has 0 bridgehead atoms. The van der Waals surface area contributed by atoms with E-state index in [1.54, 1.807) is 13.0 Å². The van der Waals surface area contributed by atoms with Crippen molar-refractivity contribution in [2.75, 3.05) is 18.0 Å². The predicted molar refractivity (Wildman–Crippen MR) is 123 cm³/mol. The first kappa shape index (κ1) is 23.7. The molecule has 1 heterocycles. The van der Waals surface area contributed by atoms with Crippen LogP contribution < -0.4 is 4.90 Å². The molecule has 0 aliphatic carbocycles. The molecule has 160 valence electrons. The summed E-state index contributed by atoms with van der Waals surface area (Å²) in [5.41, 5.74) is 3.46. The summed E-state index contributed by atoms with van der Waals surface area (Å²) in [5.74, 6) is -0.509. The number of hydrogen-bond donors (Lipinski definition) is 0. The summed E-state index contributed by atoms with van der Waals surface area (Å²) < 4.78 is 5.34. The van der Waals surface area contributed by atoms with E-state index >= 15 is 0 Å². The van der Waals surface area contributed by atoms with Crippen molar-refractivity contribution in [3.63, 3.8) is 0 Å². The van der Waals surface area contributed by atoms with Crippen molar-refractivity contribution >= 4 is 45.6 Å². The number of allylic oxidation sites excluding steroid dienone is 4. The van der Waals surface area contributed by atoms with Gasteiger partial charge in [-0.3, -0.25) is 4.79 Å². The number of amides is 1. The fourth-order valence-electron chi connectivity index (χ4n) is 2.89. The van der Waals surface area contributed by atoms with Gasteiger partial charge in [-0.15, -0.1) is 0 Å². The maximum atomic E-state index is 12.4. The summed E-state index contributed by atoms with van der Waals surface area (Å²) in [7, 11) is 0. The Morgan fingerprint density at radius 3 is 2.43 bits per heavy atom.